The first-order chi connectivity index (χ1) is 7.61. The van der Waals surface area contributed by atoms with Crippen LogP contribution in [-0.4, -0.2) is 11.1 Å². The van der Waals surface area contributed by atoms with Crippen molar-refractivity contribution in [3.05, 3.63) is 0 Å². The van der Waals surface area contributed by atoms with Crippen molar-refractivity contribution in [1.82, 2.24) is 0 Å². The van der Waals surface area contributed by atoms with Gasteiger partial charge in [-0.25, -0.2) is 0 Å². The molecule has 0 aliphatic heterocycles. The van der Waals surface area contributed by atoms with E-state index < -0.39 is 5.97 Å². The van der Waals surface area contributed by atoms with Crippen molar-refractivity contribution in [2.75, 3.05) is 0 Å². The van der Waals surface area contributed by atoms with Gasteiger partial charge in [-0.05, 0) is 18.8 Å². The van der Waals surface area contributed by atoms with Crippen molar-refractivity contribution in [2.45, 2.75) is 72.1 Å². The maximum atomic E-state index is 11.0. The van der Waals surface area contributed by atoms with E-state index in [0.717, 1.165) is 19.3 Å². The summed E-state index contributed by atoms with van der Waals surface area (Å²) in [7, 11) is 0. The minimum absolute atomic E-state index is 0.119. The average Bonchev–Trinajstić information content (AvgIpc) is 2.23. The lowest BCUT2D eigenvalue weighted by Gasteiger charge is -2.16. The predicted octanol–water partition coefficient (Wildman–Crippen LogP) is 4.48. The van der Waals surface area contributed by atoms with Crippen molar-refractivity contribution >= 4 is 5.97 Å². The number of carboxylic acid groups (broad SMARTS) is 1. The molecule has 0 bridgehead atoms. The predicted molar refractivity (Wildman–Crippen MR) is 68.6 cm³/mol. The highest BCUT2D eigenvalue weighted by Crippen LogP contribution is 2.22. The summed E-state index contributed by atoms with van der Waals surface area (Å²) in [6.45, 7) is 6.46. The molecular formula is C14H28O2. The van der Waals surface area contributed by atoms with Crippen LogP contribution in [0.4, 0.5) is 0 Å². The van der Waals surface area contributed by atoms with Crippen molar-refractivity contribution < 1.29 is 9.90 Å². The van der Waals surface area contributed by atoms with Crippen LogP contribution in [0.5, 0.6) is 0 Å². The normalized spacial score (nSPS) is 14.7. The molecule has 96 valence electrons. The summed E-state index contributed by atoms with van der Waals surface area (Å²) in [5, 5.41) is 9.06. The molecule has 0 aliphatic carbocycles. The number of carboxylic acids is 1. The maximum absolute atomic E-state index is 11.0. The monoisotopic (exact) mass is 228 g/mol. The van der Waals surface area contributed by atoms with E-state index in [1.165, 1.54) is 32.1 Å². The van der Waals surface area contributed by atoms with E-state index in [1.807, 2.05) is 0 Å². The number of hydrogen-bond acceptors (Lipinski definition) is 1. The van der Waals surface area contributed by atoms with Crippen molar-refractivity contribution in [2.24, 2.45) is 11.8 Å². The van der Waals surface area contributed by atoms with Gasteiger partial charge in [0.15, 0.2) is 0 Å². The minimum atomic E-state index is -0.609. The maximum Gasteiger partial charge on any atom is 0.306 e. The van der Waals surface area contributed by atoms with Crippen LogP contribution in [-0.2, 0) is 4.79 Å². The molecular weight excluding hydrogens is 200 g/mol. The van der Waals surface area contributed by atoms with E-state index >= 15 is 0 Å². The largest absolute Gasteiger partial charge is 0.481 e. The Morgan fingerprint density at radius 2 is 1.75 bits per heavy atom. The Hall–Kier alpha value is -0.530. The summed E-state index contributed by atoms with van der Waals surface area (Å²) < 4.78 is 0. The quantitative estimate of drug-likeness (QED) is 0.560. The fourth-order valence-corrected chi connectivity index (χ4v) is 2.21. The summed E-state index contributed by atoms with van der Waals surface area (Å²) >= 11 is 0. The van der Waals surface area contributed by atoms with Gasteiger partial charge in [0.25, 0.3) is 0 Å². The number of carbonyl (C=O) groups is 1. The zero-order valence-corrected chi connectivity index (χ0v) is 11.2. The van der Waals surface area contributed by atoms with Gasteiger partial charge >= 0.3 is 5.97 Å². The first-order valence-corrected chi connectivity index (χ1v) is 6.84. The molecule has 0 heterocycles. The number of aliphatic carboxylic acids is 1. The van der Waals surface area contributed by atoms with Crippen LogP contribution in [0, 0.1) is 11.8 Å². The second-order valence-electron chi connectivity index (χ2n) is 5.01. The third-order valence-corrected chi connectivity index (χ3v) is 3.22. The van der Waals surface area contributed by atoms with Crippen LogP contribution in [0.15, 0.2) is 0 Å². The molecule has 0 aliphatic rings. The van der Waals surface area contributed by atoms with E-state index in [9.17, 15) is 4.79 Å². The van der Waals surface area contributed by atoms with Crippen LogP contribution in [0.1, 0.15) is 72.1 Å². The molecule has 16 heavy (non-hydrogen) atoms. The van der Waals surface area contributed by atoms with E-state index in [1.54, 1.807) is 0 Å². The third kappa shape index (κ3) is 7.72. The van der Waals surface area contributed by atoms with Crippen molar-refractivity contribution in [3.8, 4) is 0 Å². The first-order valence-electron chi connectivity index (χ1n) is 6.84. The summed E-state index contributed by atoms with van der Waals surface area (Å²) in [6.07, 6.45) is 8.97. The van der Waals surface area contributed by atoms with Crippen molar-refractivity contribution in [3.63, 3.8) is 0 Å². The number of hydrogen-bond donors (Lipinski definition) is 1. The molecule has 0 spiro atoms. The molecule has 0 saturated carbocycles. The second kappa shape index (κ2) is 9.68. The summed E-state index contributed by atoms with van der Waals surface area (Å²) in [5.41, 5.74) is 0. The van der Waals surface area contributed by atoms with Crippen LogP contribution in [0.3, 0.4) is 0 Å². The highest BCUT2D eigenvalue weighted by atomic mass is 16.4. The molecule has 0 amide bonds. The topological polar surface area (TPSA) is 37.3 Å². The zero-order chi connectivity index (χ0) is 12.4. The van der Waals surface area contributed by atoms with Crippen LogP contribution in [0.2, 0.25) is 0 Å². The van der Waals surface area contributed by atoms with Crippen molar-refractivity contribution in [1.29, 1.82) is 0 Å². The highest BCUT2D eigenvalue weighted by molar-refractivity contribution is 5.69. The number of unbranched alkanes of at least 4 members (excludes halogenated alkanes) is 3. The average molecular weight is 228 g/mol. The van der Waals surface area contributed by atoms with Gasteiger partial charge in [0.05, 0.1) is 5.92 Å². The molecule has 0 aromatic rings. The van der Waals surface area contributed by atoms with E-state index in [4.69, 9.17) is 5.11 Å². The summed E-state index contributed by atoms with van der Waals surface area (Å²) in [6, 6.07) is 0. The molecule has 0 fully saturated rings. The van der Waals surface area contributed by atoms with Gasteiger partial charge in [0, 0.05) is 0 Å². The lowest BCUT2D eigenvalue weighted by Crippen LogP contribution is -2.16. The van der Waals surface area contributed by atoms with Gasteiger partial charge in [-0.15, -0.1) is 0 Å². The Labute approximate surface area is 100 Å². The van der Waals surface area contributed by atoms with E-state index in [2.05, 4.69) is 20.8 Å². The summed E-state index contributed by atoms with van der Waals surface area (Å²) in [5.74, 6) is -0.169. The molecule has 0 rings (SSSR count). The molecule has 0 radical (unpaired) electrons. The fourth-order valence-electron chi connectivity index (χ4n) is 2.21. The third-order valence-electron chi connectivity index (χ3n) is 3.22. The highest BCUT2D eigenvalue weighted by Gasteiger charge is 2.18. The van der Waals surface area contributed by atoms with Crippen LogP contribution in [0.25, 0.3) is 0 Å². The van der Waals surface area contributed by atoms with Crippen LogP contribution < -0.4 is 0 Å². The second-order valence-corrected chi connectivity index (χ2v) is 5.01. The lowest BCUT2D eigenvalue weighted by atomic mass is 9.89. The Bertz CT molecular complexity index is 178. The molecule has 2 heteroatoms. The molecule has 0 saturated heterocycles. The summed E-state index contributed by atoms with van der Waals surface area (Å²) in [4.78, 5) is 11.0. The molecule has 1 N–H and O–H groups in total. The molecule has 0 aromatic carbocycles. The minimum Gasteiger partial charge on any atom is -0.481 e. The van der Waals surface area contributed by atoms with Gasteiger partial charge in [0.2, 0.25) is 0 Å². The van der Waals surface area contributed by atoms with E-state index in [-0.39, 0.29) is 5.92 Å². The standard InChI is InChI=1S/C14H28O2/c1-4-6-7-8-10-12(3)11-13(9-5-2)14(15)16/h12-13H,4-11H2,1-3H3,(H,15,16). The SMILES string of the molecule is CCCCCCC(C)CC(CCC)C(=O)O. The Kier molecular flexibility index (Phi) is 9.36. The van der Waals surface area contributed by atoms with Gasteiger partial charge in [0.1, 0.15) is 0 Å². The lowest BCUT2D eigenvalue weighted by molar-refractivity contribution is -0.142. The Morgan fingerprint density at radius 1 is 1.06 bits per heavy atom. The molecule has 2 nitrogen and oxygen atoms in total. The molecule has 2 unspecified atom stereocenters. The number of rotatable bonds is 10. The fraction of sp³-hybridized carbons (Fsp3) is 0.929. The van der Waals surface area contributed by atoms with Gasteiger partial charge in [-0.1, -0.05) is 59.3 Å². The smallest absolute Gasteiger partial charge is 0.306 e. The van der Waals surface area contributed by atoms with Gasteiger partial charge in [-0.2, -0.15) is 0 Å². The zero-order valence-electron chi connectivity index (χ0n) is 11.2. The Balaban J connectivity index is 3.72. The molecule has 2 atom stereocenters. The van der Waals surface area contributed by atoms with Crippen LogP contribution >= 0.6 is 0 Å². The first kappa shape index (κ1) is 15.5. The van der Waals surface area contributed by atoms with Gasteiger partial charge < -0.3 is 5.11 Å². The van der Waals surface area contributed by atoms with Gasteiger partial charge in [-0.3, -0.25) is 4.79 Å². The Morgan fingerprint density at radius 3 is 2.25 bits per heavy atom. The molecule has 0 aromatic heterocycles. The van der Waals surface area contributed by atoms with E-state index in [0.29, 0.717) is 5.92 Å².